The van der Waals surface area contributed by atoms with Gasteiger partial charge in [-0.3, -0.25) is 23.7 Å². The maximum Gasteiger partial charge on any atom is 0.329 e. The van der Waals surface area contributed by atoms with Gasteiger partial charge in [-0.1, -0.05) is 71.1 Å². The van der Waals surface area contributed by atoms with E-state index < -0.39 is 79.2 Å². The van der Waals surface area contributed by atoms with Crippen LogP contribution in [-0.4, -0.2) is 142 Å². The number of ether oxygens (including phenoxy) is 6. The lowest BCUT2D eigenvalue weighted by molar-refractivity contribution is -0.265. The molecule has 0 aromatic carbocycles. The number of ketones is 3. The Balaban J connectivity index is 1.72. The second-order valence-electron chi connectivity index (χ2n) is 21.1. The Morgan fingerprint density at radius 2 is 1.51 bits per heavy atom. The number of methoxy groups -OCH3 is 4. The Labute approximate surface area is 418 Å². The molecule has 0 aromatic rings. The fraction of sp³-hybridized carbons (Fsp3) is 0.759. The summed E-state index contributed by atoms with van der Waals surface area (Å²) in [6.07, 6.45) is 12.7. The van der Waals surface area contributed by atoms with Crippen molar-refractivity contribution < 1.29 is 66.6 Å². The van der Waals surface area contributed by atoms with Crippen molar-refractivity contribution in [1.29, 1.82) is 0 Å². The largest absolute Gasteiger partial charge is 0.460 e. The fourth-order valence-corrected chi connectivity index (χ4v) is 11.7. The lowest BCUT2D eigenvalue weighted by Gasteiger charge is -2.42. The van der Waals surface area contributed by atoms with Gasteiger partial charge in [0.05, 0.1) is 24.4 Å². The molecule has 15 atom stereocenters. The molecule has 4 rings (SSSR count). The number of carbonyl (C=O) groups is 5. The topological polar surface area (TPSA) is 190 Å². The molecule has 1 N–H and O–H groups in total. The number of nitrogens with zero attached hydrogens (tertiary/aromatic N) is 1. The van der Waals surface area contributed by atoms with E-state index in [9.17, 15) is 33.6 Å². The summed E-state index contributed by atoms with van der Waals surface area (Å²) in [5, 5.41) is 12.0. The van der Waals surface area contributed by atoms with Crippen molar-refractivity contribution in [3.63, 3.8) is 0 Å². The van der Waals surface area contributed by atoms with Gasteiger partial charge in [0.1, 0.15) is 30.1 Å². The van der Waals surface area contributed by atoms with Gasteiger partial charge in [0.2, 0.25) is 5.79 Å². The first-order valence-corrected chi connectivity index (χ1v) is 28.1. The number of hydrogen-bond donors (Lipinski definition) is 1. The molecule has 16 heteroatoms. The molecule has 3 fully saturated rings. The average Bonchev–Trinajstić information content (AvgIpc) is 3.31. The van der Waals surface area contributed by atoms with Crippen LogP contribution in [0, 0.1) is 35.5 Å². The minimum Gasteiger partial charge on any atom is -0.460 e. The Morgan fingerprint density at radius 3 is 2.16 bits per heavy atom. The standard InChI is InChI=1S/C54H86NO14P/c1-33-19-15-14-16-20-34(2)45(63-8)31-41-24-22-39(7)54(61,68-41)51(58)52(59)55-26-18-17-21-42(55)53(60)67-46(36(4)29-40-23-25-44(47(30-40)64-9)69-70(12,13)62)32-43(56)35(3)28-38(6)49(65-10)50(66-11)48(57)37(5)27-33/h14-16,19-20,28,33,35-37,39-42,44-47,49-50,61H,17-18,21-27,29-32H2,1-13H3/b16-14?,19-15+,34-20?,38-28+/t33-,35-,36-,37-,39-,40+,41+,42+,44-,45+,46+,47-,49-,50+,54-/m1/s1. The number of carbonyl (C=O) groups excluding carboxylic acids is 5. The summed E-state index contributed by atoms with van der Waals surface area (Å²) in [7, 11) is 3.39. The summed E-state index contributed by atoms with van der Waals surface area (Å²) in [6.45, 7) is 16.3. The molecule has 0 unspecified atom stereocenters. The van der Waals surface area contributed by atoms with E-state index in [4.69, 9.17) is 32.9 Å². The van der Waals surface area contributed by atoms with E-state index in [-0.39, 0.29) is 66.8 Å². The highest BCUT2D eigenvalue weighted by atomic mass is 31.2. The highest BCUT2D eigenvalue weighted by molar-refractivity contribution is 7.57. The van der Waals surface area contributed by atoms with E-state index in [1.54, 1.807) is 54.4 Å². The number of amides is 1. The van der Waals surface area contributed by atoms with Crippen LogP contribution in [0.4, 0.5) is 0 Å². The third-order valence-corrected chi connectivity index (χ3v) is 15.8. The number of piperidine rings is 1. The third-order valence-electron chi connectivity index (χ3n) is 15.1. The van der Waals surface area contributed by atoms with Crippen LogP contribution in [0.3, 0.4) is 0 Å². The van der Waals surface area contributed by atoms with Crippen LogP contribution in [-0.2, 0) is 61.5 Å². The summed E-state index contributed by atoms with van der Waals surface area (Å²) in [5.41, 5.74) is 1.52. The van der Waals surface area contributed by atoms with Crippen molar-refractivity contribution in [2.45, 2.75) is 180 Å². The van der Waals surface area contributed by atoms with Gasteiger partial charge in [0.25, 0.3) is 11.7 Å². The van der Waals surface area contributed by atoms with Crippen LogP contribution in [0.5, 0.6) is 0 Å². The smallest absolute Gasteiger partial charge is 0.329 e. The van der Waals surface area contributed by atoms with Crippen LogP contribution in [0.1, 0.15) is 126 Å². The molecule has 70 heavy (non-hydrogen) atoms. The van der Waals surface area contributed by atoms with E-state index in [0.29, 0.717) is 63.4 Å². The summed E-state index contributed by atoms with van der Waals surface area (Å²) in [6, 6.07) is -1.14. The first-order chi connectivity index (χ1) is 33.0. The SMILES string of the molecule is CO[C@H]1C[C@@H]2CC[C@@H](C)[C@@](O)(O2)C(=O)C(=O)N2CCCC[C@H]2C(=O)O[C@H]([C@H](C)C[C@@H]2CC[C@@H](OP(C)(C)=O)[C@H](OC)C2)CC(=O)[C@H](C)/C=C(\C)[C@@H](OC)[C@@H](OC)C(=O)[C@H](C)C[C@H](C)/C=C/C=CC=C1C. The predicted octanol–water partition coefficient (Wildman–Crippen LogP) is 8.40. The molecule has 0 spiro atoms. The zero-order chi connectivity index (χ0) is 52.1. The molecular formula is C54H86NO14P. The number of rotatable bonds is 9. The first kappa shape index (κ1) is 59.4. The van der Waals surface area contributed by atoms with Gasteiger partial charge in [0, 0.05) is 78.9 Å². The molecule has 1 saturated carbocycles. The zero-order valence-electron chi connectivity index (χ0n) is 44.4. The molecule has 3 aliphatic heterocycles. The van der Waals surface area contributed by atoms with Crippen LogP contribution in [0.25, 0.3) is 0 Å². The lowest BCUT2D eigenvalue weighted by atomic mass is 9.78. The number of fused-ring (bicyclic) bond motifs is 3. The zero-order valence-corrected chi connectivity index (χ0v) is 45.3. The van der Waals surface area contributed by atoms with E-state index >= 15 is 0 Å². The number of allylic oxidation sites excluding steroid dienone is 6. The summed E-state index contributed by atoms with van der Waals surface area (Å²) in [5.74, 6) is -7.60. The highest BCUT2D eigenvalue weighted by Crippen LogP contribution is 2.45. The first-order valence-electron chi connectivity index (χ1n) is 25.5. The maximum absolute atomic E-state index is 14.5. The molecule has 2 bridgehead atoms. The van der Waals surface area contributed by atoms with Crippen LogP contribution in [0.15, 0.2) is 47.6 Å². The molecule has 1 amide bonds. The van der Waals surface area contributed by atoms with Gasteiger partial charge in [-0.25, -0.2) is 4.79 Å². The van der Waals surface area contributed by atoms with Crippen LogP contribution >= 0.6 is 7.37 Å². The normalized spacial score (nSPS) is 37.4. The van der Waals surface area contributed by atoms with E-state index in [1.165, 1.54) is 19.1 Å². The number of aliphatic hydroxyl groups is 1. The quantitative estimate of drug-likeness (QED) is 0.100. The minimum absolute atomic E-state index is 0.0523. The van der Waals surface area contributed by atoms with E-state index in [2.05, 4.69) is 0 Å². The Kier molecular flexibility index (Phi) is 23.1. The van der Waals surface area contributed by atoms with Gasteiger partial charge in [-0.05, 0) is 107 Å². The monoisotopic (exact) mass is 1000 g/mol. The molecule has 2 saturated heterocycles. The van der Waals surface area contributed by atoms with Crippen molar-refractivity contribution in [3.05, 3.63) is 47.6 Å². The van der Waals surface area contributed by atoms with Gasteiger partial charge in [-0.2, -0.15) is 0 Å². The Morgan fingerprint density at radius 1 is 0.814 bits per heavy atom. The third kappa shape index (κ3) is 16.2. The minimum atomic E-state index is -2.78. The number of esters is 1. The van der Waals surface area contributed by atoms with Gasteiger partial charge < -0.3 is 43.0 Å². The summed E-state index contributed by atoms with van der Waals surface area (Å²) < 4.78 is 54.5. The average molecular weight is 1000 g/mol. The number of cyclic esters (lactones) is 1. The van der Waals surface area contributed by atoms with E-state index in [0.717, 1.165) is 12.0 Å². The van der Waals surface area contributed by atoms with Crippen LogP contribution < -0.4 is 0 Å². The molecule has 3 heterocycles. The van der Waals surface area contributed by atoms with Crippen LogP contribution in [0.2, 0.25) is 0 Å². The predicted molar refractivity (Wildman–Crippen MR) is 268 cm³/mol. The summed E-state index contributed by atoms with van der Waals surface area (Å²) in [4.78, 5) is 72.7. The van der Waals surface area contributed by atoms with Crippen molar-refractivity contribution in [2.75, 3.05) is 48.3 Å². The van der Waals surface area contributed by atoms with Gasteiger partial charge in [-0.15, -0.1) is 0 Å². The summed E-state index contributed by atoms with van der Waals surface area (Å²) >= 11 is 0. The van der Waals surface area contributed by atoms with Gasteiger partial charge in [0.15, 0.2) is 13.2 Å². The van der Waals surface area contributed by atoms with Crippen molar-refractivity contribution in [1.82, 2.24) is 4.90 Å². The molecular weight excluding hydrogens is 918 g/mol. The Bertz CT molecular complexity index is 1960. The number of hydrogen-bond acceptors (Lipinski definition) is 14. The lowest BCUT2D eigenvalue weighted by Crippen LogP contribution is -2.61. The highest BCUT2D eigenvalue weighted by Gasteiger charge is 2.53. The second-order valence-corrected chi connectivity index (χ2v) is 23.8. The molecule has 0 aromatic heterocycles. The van der Waals surface area contributed by atoms with E-state index in [1.807, 2.05) is 58.1 Å². The Hall–Kier alpha value is -3.14. The second kappa shape index (κ2) is 27.2. The molecule has 396 valence electrons. The molecule has 15 nitrogen and oxygen atoms in total. The molecule has 1 aliphatic carbocycles. The van der Waals surface area contributed by atoms with Crippen molar-refractivity contribution in [3.8, 4) is 0 Å². The van der Waals surface area contributed by atoms with Crippen molar-refractivity contribution in [2.24, 2.45) is 35.5 Å². The number of Topliss-reactive ketones (excluding diaryl/α,β-unsaturated/α-hetero) is 3. The van der Waals surface area contributed by atoms with Gasteiger partial charge >= 0.3 is 5.97 Å². The maximum atomic E-state index is 14.5. The van der Waals surface area contributed by atoms with Crippen molar-refractivity contribution >= 4 is 36.6 Å². The molecule has 4 aliphatic rings. The molecule has 0 radical (unpaired) electrons. The fourth-order valence-electron chi connectivity index (χ4n) is 10.8.